The molecule has 1 aromatic heterocycles. The summed E-state index contributed by atoms with van der Waals surface area (Å²) < 4.78 is 11.8. The first-order valence-corrected chi connectivity index (χ1v) is 6.02. The van der Waals surface area contributed by atoms with Gasteiger partial charge in [0.2, 0.25) is 5.88 Å². The van der Waals surface area contributed by atoms with Gasteiger partial charge in [0, 0.05) is 25.3 Å². The molecule has 8 heteroatoms. The van der Waals surface area contributed by atoms with Gasteiger partial charge >= 0.3 is 5.69 Å². The van der Waals surface area contributed by atoms with Gasteiger partial charge in [-0.25, -0.2) is 4.79 Å². The number of nitriles is 1. The van der Waals surface area contributed by atoms with E-state index in [0.29, 0.717) is 0 Å². The highest BCUT2D eigenvalue weighted by Gasteiger charge is 2.56. The largest absolute Gasteiger partial charge is 0.493 e. The van der Waals surface area contributed by atoms with Crippen molar-refractivity contribution >= 4 is 0 Å². The quantitative estimate of drug-likeness (QED) is 0.742. The topological polar surface area (TPSA) is 118 Å². The van der Waals surface area contributed by atoms with Crippen LogP contribution < -0.4 is 5.69 Å². The maximum absolute atomic E-state index is 11.9. The summed E-state index contributed by atoms with van der Waals surface area (Å²) in [6.45, 7) is 1.46. The summed E-state index contributed by atoms with van der Waals surface area (Å²) in [5.74, 6) is -0.747. The maximum atomic E-state index is 11.9. The highest BCUT2D eigenvalue weighted by Crippen LogP contribution is 2.39. The second-order valence-corrected chi connectivity index (χ2v) is 4.60. The van der Waals surface area contributed by atoms with E-state index >= 15 is 0 Å². The lowest BCUT2D eigenvalue weighted by Gasteiger charge is -2.28. The van der Waals surface area contributed by atoms with Crippen LogP contribution in [0.15, 0.2) is 17.1 Å². The van der Waals surface area contributed by atoms with Crippen molar-refractivity contribution in [3.63, 3.8) is 0 Å². The van der Waals surface area contributed by atoms with Crippen molar-refractivity contribution in [1.29, 1.82) is 5.26 Å². The number of hydrogen-bond acceptors (Lipinski definition) is 7. The van der Waals surface area contributed by atoms with Gasteiger partial charge in [0.25, 0.3) is 5.72 Å². The first-order chi connectivity index (χ1) is 9.50. The van der Waals surface area contributed by atoms with E-state index in [9.17, 15) is 20.3 Å². The summed E-state index contributed by atoms with van der Waals surface area (Å²) >= 11 is 0. The first-order valence-electron chi connectivity index (χ1n) is 6.02. The van der Waals surface area contributed by atoms with Gasteiger partial charge in [0.1, 0.15) is 12.2 Å². The lowest BCUT2D eigenvalue weighted by molar-refractivity contribution is -0.117. The Balaban J connectivity index is 2.59. The number of aromatic nitrogens is 2. The summed E-state index contributed by atoms with van der Waals surface area (Å²) in [5.41, 5.74) is -2.56. The summed E-state index contributed by atoms with van der Waals surface area (Å²) in [6, 6.07) is 3.11. The highest BCUT2D eigenvalue weighted by molar-refractivity contribution is 5.14. The van der Waals surface area contributed by atoms with E-state index in [1.807, 2.05) is 6.07 Å². The molecular weight excluding hydrogens is 266 g/mol. The number of rotatable bonds is 3. The molecule has 1 aromatic rings. The molecule has 1 saturated heterocycles. The molecule has 2 heterocycles. The molecule has 1 aliphatic rings. The molecule has 0 amide bonds. The Morgan fingerprint density at radius 3 is 2.90 bits per heavy atom. The lowest BCUT2D eigenvalue weighted by Crippen LogP contribution is -2.49. The van der Waals surface area contributed by atoms with Gasteiger partial charge in [-0.2, -0.15) is 10.2 Å². The van der Waals surface area contributed by atoms with Crippen LogP contribution in [0.3, 0.4) is 0 Å². The van der Waals surface area contributed by atoms with E-state index in [4.69, 9.17) is 9.47 Å². The molecule has 0 aliphatic carbocycles. The molecule has 2 rings (SSSR count). The van der Waals surface area contributed by atoms with Crippen molar-refractivity contribution in [3.05, 3.63) is 22.7 Å². The number of aromatic hydroxyl groups is 1. The molecule has 108 valence electrons. The van der Waals surface area contributed by atoms with Crippen molar-refractivity contribution < 1.29 is 19.7 Å². The van der Waals surface area contributed by atoms with Crippen molar-refractivity contribution in [2.45, 2.75) is 24.9 Å². The Hall–Kier alpha value is -1.95. The molecule has 0 aromatic carbocycles. The zero-order chi connectivity index (χ0) is 14.9. The summed E-state index contributed by atoms with van der Waals surface area (Å²) in [5, 5.41) is 28.0. The minimum Gasteiger partial charge on any atom is -0.493 e. The van der Waals surface area contributed by atoms with Gasteiger partial charge in [-0.3, -0.25) is 4.57 Å². The summed E-state index contributed by atoms with van der Waals surface area (Å²) in [4.78, 5) is 15.3. The molecule has 0 unspecified atom stereocenters. The van der Waals surface area contributed by atoms with Gasteiger partial charge in [-0.1, -0.05) is 6.92 Å². The van der Waals surface area contributed by atoms with Crippen LogP contribution in [0, 0.1) is 17.2 Å². The molecule has 4 atom stereocenters. The van der Waals surface area contributed by atoms with Crippen LogP contribution in [0.1, 0.15) is 6.92 Å². The number of aliphatic hydroxyl groups excluding tert-OH is 1. The fourth-order valence-electron chi connectivity index (χ4n) is 2.52. The van der Waals surface area contributed by atoms with Crippen LogP contribution in [0.2, 0.25) is 0 Å². The molecule has 8 nitrogen and oxygen atoms in total. The Morgan fingerprint density at radius 2 is 2.40 bits per heavy atom. The van der Waals surface area contributed by atoms with Crippen LogP contribution in [-0.4, -0.2) is 45.7 Å². The van der Waals surface area contributed by atoms with E-state index in [-0.39, 0.29) is 12.5 Å². The standard InChI is InChI=1S/C12H15N3O5/c1-7-8(5-16)20-12(6-13,10(7)19-2)15-4-3-9(17)14-11(15)18/h3-4,7-8,10,16H,5H2,1-2H3,(H,14,17,18)/t7-,8-,10-,12-/m1/s1. The fraction of sp³-hybridized carbons (Fsp3) is 0.583. The van der Waals surface area contributed by atoms with Crippen LogP contribution in [0.5, 0.6) is 5.88 Å². The molecular formula is C12H15N3O5. The molecule has 0 radical (unpaired) electrons. The normalized spacial score (nSPS) is 33.0. The van der Waals surface area contributed by atoms with E-state index in [0.717, 1.165) is 4.57 Å². The molecule has 0 spiro atoms. The number of ether oxygens (including phenoxy) is 2. The third-order valence-electron chi connectivity index (χ3n) is 3.52. The minimum absolute atomic E-state index is 0.301. The molecule has 2 N–H and O–H groups in total. The fourth-order valence-corrected chi connectivity index (χ4v) is 2.52. The highest BCUT2D eigenvalue weighted by atomic mass is 16.6. The average Bonchev–Trinajstić information content (AvgIpc) is 2.71. The minimum atomic E-state index is -1.72. The lowest BCUT2D eigenvalue weighted by atomic mass is 9.95. The van der Waals surface area contributed by atoms with Crippen LogP contribution in [0.4, 0.5) is 0 Å². The van der Waals surface area contributed by atoms with E-state index in [1.54, 1.807) is 6.92 Å². The van der Waals surface area contributed by atoms with Crippen molar-refractivity contribution in [3.8, 4) is 11.9 Å². The third kappa shape index (κ3) is 1.96. The molecule has 0 bridgehead atoms. The van der Waals surface area contributed by atoms with Gasteiger partial charge in [-0.05, 0) is 0 Å². The first kappa shape index (κ1) is 14.5. The van der Waals surface area contributed by atoms with Crippen LogP contribution in [0.25, 0.3) is 0 Å². The predicted molar refractivity (Wildman–Crippen MR) is 65.7 cm³/mol. The summed E-state index contributed by atoms with van der Waals surface area (Å²) in [6.07, 6.45) is -0.180. The van der Waals surface area contributed by atoms with Gasteiger partial charge in [0.15, 0.2) is 0 Å². The van der Waals surface area contributed by atoms with Crippen molar-refractivity contribution in [2.24, 2.45) is 5.92 Å². The second kappa shape index (κ2) is 5.20. The molecule has 1 fully saturated rings. The SMILES string of the molecule is CO[C@@H]1[C@H](C)[C@@H](CO)O[C@@]1(C#N)n1ccc(O)nc1=O. The van der Waals surface area contributed by atoms with Crippen molar-refractivity contribution in [1.82, 2.24) is 9.55 Å². The zero-order valence-electron chi connectivity index (χ0n) is 11.1. The second-order valence-electron chi connectivity index (χ2n) is 4.60. The molecule has 1 aliphatic heterocycles. The Labute approximate surface area is 114 Å². The number of methoxy groups -OCH3 is 1. The van der Waals surface area contributed by atoms with E-state index < -0.39 is 29.5 Å². The smallest absolute Gasteiger partial charge is 0.354 e. The number of hydrogen-bond donors (Lipinski definition) is 2. The predicted octanol–water partition coefficient (Wildman–Crippen LogP) is -0.833. The molecule has 0 saturated carbocycles. The van der Waals surface area contributed by atoms with Crippen molar-refractivity contribution in [2.75, 3.05) is 13.7 Å². The number of aliphatic hydroxyl groups is 1. The molecule has 20 heavy (non-hydrogen) atoms. The summed E-state index contributed by atoms with van der Waals surface area (Å²) in [7, 11) is 1.40. The van der Waals surface area contributed by atoms with Gasteiger partial charge in [0.05, 0.1) is 12.7 Å². The Kier molecular flexibility index (Phi) is 3.76. The number of nitrogens with zero attached hydrogens (tertiary/aromatic N) is 3. The Bertz CT molecular complexity index is 595. The monoisotopic (exact) mass is 281 g/mol. The zero-order valence-corrected chi connectivity index (χ0v) is 11.1. The maximum Gasteiger partial charge on any atom is 0.354 e. The third-order valence-corrected chi connectivity index (χ3v) is 3.52. The Morgan fingerprint density at radius 1 is 1.70 bits per heavy atom. The van der Waals surface area contributed by atoms with Gasteiger partial charge < -0.3 is 19.7 Å². The van der Waals surface area contributed by atoms with Crippen LogP contribution in [-0.2, 0) is 15.2 Å². The average molecular weight is 281 g/mol. The van der Waals surface area contributed by atoms with Gasteiger partial charge in [-0.15, -0.1) is 0 Å². The van der Waals surface area contributed by atoms with E-state index in [2.05, 4.69) is 4.98 Å². The van der Waals surface area contributed by atoms with Crippen LogP contribution >= 0.6 is 0 Å². The van der Waals surface area contributed by atoms with E-state index in [1.165, 1.54) is 19.4 Å².